The summed E-state index contributed by atoms with van der Waals surface area (Å²) in [6.45, 7) is 7.77. The molecule has 3 aliphatic rings. The summed E-state index contributed by atoms with van der Waals surface area (Å²) in [4.78, 5) is 46.1. The summed E-state index contributed by atoms with van der Waals surface area (Å²) in [5.74, 6) is -1.62. The number of anilines is 1. The fraction of sp³-hybridized carbons (Fsp3) is 0.441. The summed E-state index contributed by atoms with van der Waals surface area (Å²) >= 11 is 1.59. The number of aliphatic hydroxyl groups is 1. The molecule has 9 heteroatoms. The lowest BCUT2D eigenvalue weighted by Crippen LogP contribution is -2.56. The zero-order valence-corrected chi connectivity index (χ0v) is 25.4. The largest absolute Gasteiger partial charge is 0.497 e. The van der Waals surface area contributed by atoms with Crippen LogP contribution in [0.25, 0.3) is 0 Å². The molecule has 0 radical (unpaired) electrons. The van der Waals surface area contributed by atoms with Crippen LogP contribution >= 0.6 is 11.8 Å². The molecule has 43 heavy (non-hydrogen) atoms. The standard InChI is InChI=1S/C34H40N2O6S/c1-4-6-7-11-21-42-33(40)28-27-18-19-34(43-27)29(28)31(38)36(26(22-37)23-12-9-8-10-13-23)30(34)32(39)35(20-5-2)24-14-16-25(41-3)17-15-24/h4-5,8-10,12-17,26-30,37H,1-2,6-7,11,18-22H2,3H3/t26-,27+,28-,29+,30?,34?/m1/s1. The van der Waals surface area contributed by atoms with Crippen LogP contribution in [-0.4, -0.2) is 70.7 Å². The Kier molecular flexibility index (Phi) is 9.62. The van der Waals surface area contributed by atoms with E-state index in [2.05, 4.69) is 13.2 Å². The van der Waals surface area contributed by atoms with Crippen LogP contribution in [0, 0.1) is 11.8 Å². The minimum Gasteiger partial charge on any atom is -0.497 e. The van der Waals surface area contributed by atoms with Gasteiger partial charge in [-0.25, -0.2) is 0 Å². The highest BCUT2D eigenvalue weighted by molar-refractivity contribution is 8.02. The first-order valence-corrected chi connectivity index (χ1v) is 15.8. The average Bonchev–Trinajstić information content (AvgIpc) is 3.68. The van der Waals surface area contributed by atoms with Crippen molar-refractivity contribution in [2.75, 3.05) is 31.8 Å². The van der Waals surface area contributed by atoms with Gasteiger partial charge in [0.15, 0.2) is 0 Å². The van der Waals surface area contributed by atoms with Gasteiger partial charge in [-0.05, 0) is 61.9 Å². The normalized spacial score (nSPS) is 26.1. The number of amides is 2. The SMILES string of the molecule is C=CCCCCOC(=O)[C@@H]1[C@@H]2CCC3(S2)C(C(=O)N(CC=C)c2ccc(OC)cc2)N([C@H](CO)c2ccccc2)C(=O)[C@H]13. The van der Waals surface area contributed by atoms with Gasteiger partial charge in [0, 0.05) is 17.5 Å². The van der Waals surface area contributed by atoms with Crippen LogP contribution in [-0.2, 0) is 19.1 Å². The summed E-state index contributed by atoms with van der Waals surface area (Å²) in [7, 11) is 1.58. The summed E-state index contributed by atoms with van der Waals surface area (Å²) in [6.07, 6.45) is 7.26. The molecule has 2 aromatic carbocycles. The molecule has 2 unspecified atom stereocenters. The van der Waals surface area contributed by atoms with Crippen LogP contribution in [0.2, 0.25) is 0 Å². The summed E-state index contributed by atoms with van der Waals surface area (Å²) < 4.78 is 10.2. The molecular weight excluding hydrogens is 564 g/mol. The van der Waals surface area contributed by atoms with E-state index in [-0.39, 0.29) is 42.8 Å². The zero-order valence-electron chi connectivity index (χ0n) is 24.6. The smallest absolute Gasteiger partial charge is 0.310 e. The molecule has 2 amide bonds. The van der Waals surface area contributed by atoms with Crippen molar-refractivity contribution in [2.24, 2.45) is 11.8 Å². The molecule has 3 fully saturated rings. The summed E-state index contributed by atoms with van der Waals surface area (Å²) in [5.41, 5.74) is 1.37. The number of allylic oxidation sites excluding steroid dienone is 1. The van der Waals surface area contributed by atoms with Crippen molar-refractivity contribution in [3.63, 3.8) is 0 Å². The molecule has 228 valence electrons. The lowest BCUT2D eigenvalue weighted by molar-refractivity contribution is -0.154. The fourth-order valence-electron chi connectivity index (χ4n) is 7.02. The molecule has 3 saturated heterocycles. The zero-order chi connectivity index (χ0) is 30.6. The van der Waals surface area contributed by atoms with Crippen molar-refractivity contribution in [2.45, 2.75) is 54.2 Å². The van der Waals surface area contributed by atoms with Crippen LogP contribution in [0.15, 0.2) is 79.9 Å². The number of hydrogen-bond donors (Lipinski definition) is 1. The molecule has 5 rings (SSSR count). The van der Waals surface area contributed by atoms with Crippen molar-refractivity contribution < 1.29 is 29.0 Å². The van der Waals surface area contributed by atoms with Crippen molar-refractivity contribution >= 4 is 35.2 Å². The number of fused-ring (bicyclic) bond motifs is 1. The predicted molar refractivity (Wildman–Crippen MR) is 168 cm³/mol. The van der Waals surface area contributed by atoms with E-state index in [0.29, 0.717) is 24.3 Å². The third-order valence-corrected chi connectivity index (χ3v) is 10.9. The molecule has 0 aromatic heterocycles. The van der Waals surface area contributed by atoms with E-state index in [0.717, 1.165) is 24.8 Å². The highest BCUT2D eigenvalue weighted by Gasteiger charge is 2.75. The Morgan fingerprint density at radius 3 is 2.53 bits per heavy atom. The van der Waals surface area contributed by atoms with Gasteiger partial charge in [0.1, 0.15) is 11.8 Å². The van der Waals surface area contributed by atoms with Crippen molar-refractivity contribution in [3.8, 4) is 5.75 Å². The van der Waals surface area contributed by atoms with E-state index in [1.54, 1.807) is 46.9 Å². The van der Waals surface area contributed by atoms with Crippen LogP contribution in [0.4, 0.5) is 5.69 Å². The van der Waals surface area contributed by atoms with E-state index >= 15 is 0 Å². The number of carbonyl (C=O) groups excluding carboxylic acids is 3. The molecule has 1 N–H and O–H groups in total. The van der Waals surface area contributed by atoms with Crippen LogP contribution < -0.4 is 9.64 Å². The van der Waals surface area contributed by atoms with E-state index in [4.69, 9.17) is 9.47 Å². The number of esters is 1. The van der Waals surface area contributed by atoms with E-state index in [9.17, 15) is 19.5 Å². The molecule has 8 nitrogen and oxygen atoms in total. The molecule has 2 aromatic rings. The Labute approximate surface area is 257 Å². The maximum absolute atomic E-state index is 14.8. The molecule has 6 atom stereocenters. The van der Waals surface area contributed by atoms with Gasteiger partial charge >= 0.3 is 5.97 Å². The monoisotopic (exact) mass is 604 g/mol. The third-order valence-electron chi connectivity index (χ3n) is 8.95. The number of unbranched alkanes of at least 4 members (excludes halogenated alkanes) is 2. The van der Waals surface area contributed by atoms with Crippen LogP contribution in [0.1, 0.15) is 43.7 Å². The maximum atomic E-state index is 14.8. The van der Waals surface area contributed by atoms with Crippen molar-refractivity contribution in [3.05, 3.63) is 85.5 Å². The van der Waals surface area contributed by atoms with Crippen molar-refractivity contribution in [1.82, 2.24) is 4.90 Å². The van der Waals surface area contributed by atoms with Crippen molar-refractivity contribution in [1.29, 1.82) is 0 Å². The fourth-order valence-corrected chi connectivity index (χ4v) is 9.21. The first-order valence-electron chi connectivity index (χ1n) is 14.9. The second-order valence-electron chi connectivity index (χ2n) is 11.3. The Hall–Kier alpha value is -3.56. The number of ether oxygens (including phenoxy) is 2. The second kappa shape index (κ2) is 13.4. The Balaban J connectivity index is 1.54. The Bertz CT molecular complexity index is 1330. The minimum absolute atomic E-state index is 0.106. The minimum atomic E-state index is -0.898. The highest BCUT2D eigenvalue weighted by atomic mass is 32.2. The van der Waals surface area contributed by atoms with Crippen LogP contribution in [0.3, 0.4) is 0 Å². The van der Waals surface area contributed by atoms with Gasteiger partial charge in [-0.15, -0.1) is 24.9 Å². The lowest BCUT2D eigenvalue weighted by Gasteiger charge is -2.39. The molecule has 3 aliphatic heterocycles. The Morgan fingerprint density at radius 1 is 1.14 bits per heavy atom. The number of carbonyl (C=O) groups is 3. The molecule has 0 aliphatic carbocycles. The predicted octanol–water partition coefficient (Wildman–Crippen LogP) is 4.94. The summed E-state index contributed by atoms with van der Waals surface area (Å²) in [6, 6.07) is 14.8. The first kappa shape index (κ1) is 30.9. The van der Waals surface area contributed by atoms with E-state index in [1.165, 1.54) is 0 Å². The number of likely N-dealkylation sites (tertiary alicyclic amines) is 1. The first-order chi connectivity index (χ1) is 20.9. The number of benzene rings is 2. The number of thioether (sulfide) groups is 1. The van der Waals surface area contributed by atoms with E-state index < -0.39 is 28.7 Å². The quantitative estimate of drug-likeness (QED) is 0.185. The van der Waals surface area contributed by atoms with Gasteiger partial charge < -0.3 is 24.4 Å². The molecule has 3 heterocycles. The number of hydrogen-bond acceptors (Lipinski definition) is 7. The maximum Gasteiger partial charge on any atom is 0.310 e. The number of rotatable bonds is 14. The number of aliphatic hydroxyl groups excluding tert-OH is 1. The molecule has 1 spiro atoms. The van der Waals surface area contributed by atoms with Gasteiger partial charge in [0.25, 0.3) is 5.91 Å². The third kappa shape index (κ3) is 5.60. The molecular formula is C34H40N2O6S. The topological polar surface area (TPSA) is 96.4 Å². The van der Waals surface area contributed by atoms with Gasteiger partial charge in [-0.3, -0.25) is 14.4 Å². The van der Waals surface area contributed by atoms with Gasteiger partial charge in [-0.1, -0.05) is 42.5 Å². The van der Waals surface area contributed by atoms with Gasteiger partial charge in [0.05, 0.1) is 42.9 Å². The lowest BCUT2D eigenvalue weighted by atomic mass is 9.71. The van der Waals surface area contributed by atoms with Gasteiger partial charge in [0.2, 0.25) is 5.91 Å². The van der Waals surface area contributed by atoms with Gasteiger partial charge in [-0.2, -0.15) is 0 Å². The van der Waals surface area contributed by atoms with Crippen LogP contribution in [0.5, 0.6) is 5.75 Å². The summed E-state index contributed by atoms with van der Waals surface area (Å²) in [5, 5.41) is 10.6. The molecule has 2 bridgehead atoms. The van der Waals surface area contributed by atoms with E-state index in [1.807, 2.05) is 48.5 Å². The Morgan fingerprint density at radius 2 is 1.88 bits per heavy atom. The molecule has 0 saturated carbocycles. The average molecular weight is 605 g/mol. The number of nitrogens with zero attached hydrogens (tertiary/aromatic N) is 2. The highest BCUT2D eigenvalue weighted by Crippen LogP contribution is 2.67. The number of methoxy groups -OCH3 is 1. The second-order valence-corrected chi connectivity index (χ2v) is 12.9.